The zero-order valence-corrected chi connectivity index (χ0v) is 18.2. The van der Waals surface area contributed by atoms with Crippen LogP contribution in [0.25, 0.3) is 0 Å². The molecular formula is C22H18Cl2N4O3. The summed E-state index contributed by atoms with van der Waals surface area (Å²) >= 11 is 12.5. The number of halogens is 2. The van der Waals surface area contributed by atoms with Gasteiger partial charge in [0.2, 0.25) is 11.8 Å². The van der Waals surface area contributed by atoms with E-state index in [0.717, 1.165) is 16.8 Å². The third-order valence-corrected chi connectivity index (χ3v) is 5.79. The second-order valence-corrected chi connectivity index (χ2v) is 7.71. The van der Waals surface area contributed by atoms with Crippen molar-refractivity contribution < 1.29 is 14.2 Å². The Morgan fingerprint density at radius 1 is 1.23 bits per heavy atom. The minimum atomic E-state index is -0.450. The minimum absolute atomic E-state index is 0.0270. The number of methoxy groups -OCH3 is 1. The topological polar surface area (TPSA) is 106 Å². The van der Waals surface area contributed by atoms with Gasteiger partial charge in [-0.05, 0) is 36.8 Å². The fraction of sp³-hybridized carbons (Fsp3) is 0.182. The summed E-state index contributed by atoms with van der Waals surface area (Å²) in [4.78, 5) is 0. The summed E-state index contributed by atoms with van der Waals surface area (Å²) in [5.41, 5.74) is 9.29. The highest BCUT2D eigenvalue weighted by atomic mass is 35.5. The summed E-state index contributed by atoms with van der Waals surface area (Å²) in [5.74, 6) is 0.930. The quantitative estimate of drug-likeness (QED) is 0.569. The molecule has 1 aliphatic rings. The smallest absolute Gasteiger partial charge is 0.244 e. The van der Waals surface area contributed by atoms with E-state index in [4.69, 9.17) is 43.1 Å². The molecule has 0 amide bonds. The van der Waals surface area contributed by atoms with Crippen LogP contribution in [-0.4, -0.2) is 17.3 Å². The molecule has 0 saturated heterocycles. The van der Waals surface area contributed by atoms with E-state index < -0.39 is 5.92 Å². The average Bonchev–Trinajstić information content (AvgIpc) is 3.12. The molecule has 3 N–H and O–H groups in total. The molecule has 0 unspecified atom stereocenters. The van der Waals surface area contributed by atoms with E-state index in [1.54, 1.807) is 37.4 Å². The zero-order valence-electron chi connectivity index (χ0n) is 16.7. The predicted molar refractivity (Wildman–Crippen MR) is 116 cm³/mol. The number of aromatic amines is 1. The van der Waals surface area contributed by atoms with Gasteiger partial charge in [-0.15, -0.1) is 5.10 Å². The monoisotopic (exact) mass is 456 g/mol. The maximum Gasteiger partial charge on any atom is 0.244 e. The van der Waals surface area contributed by atoms with Gasteiger partial charge in [0.25, 0.3) is 0 Å². The zero-order chi connectivity index (χ0) is 22.1. The number of benzene rings is 2. The van der Waals surface area contributed by atoms with Crippen LogP contribution in [0.1, 0.15) is 28.3 Å². The molecule has 0 radical (unpaired) electrons. The normalized spacial score (nSPS) is 15.1. The number of ether oxygens (including phenoxy) is 3. The lowest BCUT2D eigenvalue weighted by Gasteiger charge is -2.24. The molecule has 4 rings (SSSR count). The van der Waals surface area contributed by atoms with Crippen LogP contribution in [0.15, 0.2) is 47.9 Å². The SMILES string of the molecule is COc1cc([C@@H]2C(C#N)=C(N)Oc3n[nH]c(C)c32)ccc1OCc1c(Cl)cccc1Cl. The van der Waals surface area contributed by atoms with Gasteiger partial charge in [-0.2, -0.15) is 5.26 Å². The van der Waals surface area contributed by atoms with Crippen molar-refractivity contribution in [3.05, 3.63) is 80.3 Å². The maximum atomic E-state index is 9.71. The molecule has 1 aromatic heterocycles. The fourth-order valence-electron chi connectivity index (χ4n) is 3.54. The van der Waals surface area contributed by atoms with Crippen LogP contribution < -0.4 is 19.9 Å². The molecular weight excluding hydrogens is 439 g/mol. The second kappa shape index (κ2) is 8.42. The summed E-state index contributed by atoms with van der Waals surface area (Å²) in [6.45, 7) is 2.04. The molecule has 1 aliphatic heterocycles. The number of nitrogens with two attached hydrogens (primary N) is 1. The summed E-state index contributed by atoms with van der Waals surface area (Å²) in [6.07, 6.45) is 0. The Hall–Kier alpha value is -3.34. The van der Waals surface area contributed by atoms with Gasteiger partial charge in [0, 0.05) is 26.9 Å². The summed E-state index contributed by atoms with van der Waals surface area (Å²) < 4.78 is 17.0. The van der Waals surface area contributed by atoms with E-state index in [2.05, 4.69) is 16.3 Å². The second-order valence-electron chi connectivity index (χ2n) is 6.89. The molecule has 7 nitrogen and oxygen atoms in total. The van der Waals surface area contributed by atoms with Crippen molar-refractivity contribution in [1.29, 1.82) is 5.26 Å². The van der Waals surface area contributed by atoms with Gasteiger partial charge in [0.1, 0.15) is 18.2 Å². The van der Waals surface area contributed by atoms with Crippen molar-refractivity contribution in [3.63, 3.8) is 0 Å². The van der Waals surface area contributed by atoms with Crippen LogP contribution in [0, 0.1) is 18.3 Å². The number of aryl methyl sites for hydroxylation is 1. The van der Waals surface area contributed by atoms with Gasteiger partial charge in [0.15, 0.2) is 11.5 Å². The number of allylic oxidation sites excluding steroid dienone is 1. The molecule has 31 heavy (non-hydrogen) atoms. The summed E-state index contributed by atoms with van der Waals surface area (Å²) in [7, 11) is 1.54. The number of H-pyrrole nitrogens is 1. The van der Waals surface area contributed by atoms with Crippen molar-refractivity contribution >= 4 is 23.2 Å². The third kappa shape index (κ3) is 3.76. The van der Waals surface area contributed by atoms with Crippen molar-refractivity contribution in [2.45, 2.75) is 19.4 Å². The van der Waals surface area contributed by atoms with Crippen LogP contribution in [0.3, 0.4) is 0 Å². The number of hydrogen-bond donors (Lipinski definition) is 2. The predicted octanol–water partition coefficient (Wildman–Crippen LogP) is 4.83. The van der Waals surface area contributed by atoms with Crippen molar-refractivity contribution in [1.82, 2.24) is 10.2 Å². The van der Waals surface area contributed by atoms with Crippen LogP contribution in [0.2, 0.25) is 10.0 Å². The van der Waals surface area contributed by atoms with Gasteiger partial charge in [-0.25, -0.2) is 0 Å². The molecule has 3 aromatic rings. The first-order valence-corrected chi connectivity index (χ1v) is 10.1. The lowest BCUT2D eigenvalue weighted by molar-refractivity contribution is 0.284. The van der Waals surface area contributed by atoms with Gasteiger partial charge in [-0.1, -0.05) is 35.3 Å². The van der Waals surface area contributed by atoms with Crippen LogP contribution >= 0.6 is 23.2 Å². The number of nitrogens with one attached hydrogen (secondary N) is 1. The highest BCUT2D eigenvalue weighted by Gasteiger charge is 2.34. The van der Waals surface area contributed by atoms with Crippen molar-refractivity contribution in [2.75, 3.05) is 7.11 Å². The first-order valence-electron chi connectivity index (χ1n) is 9.30. The first kappa shape index (κ1) is 20.9. The largest absolute Gasteiger partial charge is 0.493 e. The van der Waals surface area contributed by atoms with E-state index in [1.807, 2.05) is 13.0 Å². The number of hydrogen-bond acceptors (Lipinski definition) is 6. The Morgan fingerprint density at radius 3 is 2.65 bits per heavy atom. The molecule has 0 spiro atoms. The Balaban J connectivity index is 1.70. The van der Waals surface area contributed by atoms with Crippen LogP contribution in [0.5, 0.6) is 17.4 Å². The molecule has 0 aliphatic carbocycles. The Kier molecular flexibility index (Phi) is 5.68. The molecule has 0 saturated carbocycles. The van der Waals surface area contributed by atoms with E-state index in [9.17, 15) is 5.26 Å². The Morgan fingerprint density at radius 2 is 1.97 bits per heavy atom. The number of fused-ring (bicyclic) bond motifs is 1. The molecule has 2 aromatic carbocycles. The Labute approximate surface area is 188 Å². The molecule has 0 fully saturated rings. The molecule has 158 valence electrons. The maximum absolute atomic E-state index is 9.71. The number of nitrogens with zero attached hydrogens (tertiary/aromatic N) is 2. The Bertz CT molecular complexity index is 1210. The standard InChI is InChI=1S/C22H18Cl2N4O3/c1-11-19-20(13(9-25)21(26)31-22(19)28-27-11)12-6-7-17(18(8-12)29-2)30-10-14-15(23)4-3-5-16(14)24/h3-8,20H,10,26H2,1-2H3,(H,27,28)/t20-/m1/s1. The molecule has 1 atom stereocenters. The van der Waals surface area contributed by atoms with Crippen LogP contribution in [-0.2, 0) is 6.61 Å². The highest BCUT2D eigenvalue weighted by molar-refractivity contribution is 6.35. The van der Waals surface area contributed by atoms with E-state index >= 15 is 0 Å². The van der Waals surface area contributed by atoms with Gasteiger partial charge in [-0.3, -0.25) is 5.10 Å². The minimum Gasteiger partial charge on any atom is -0.493 e. The number of nitriles is 1. The fourth-order valence-corrected chi connectivity index (χ4v) is 4.04. The third-order valence-electron chi connectivity index (χ3n) is 5.08. The lowest BCUT2D eigenvalue weighted by Crippen LogP contribution is -2.21. The molecule has 0 bridgehead atoms. The lowest BCUT2D eigenvalue weighted by atomic mass is 9.84. The summed E-state index contributed by atoms with van der Waals surface area (Å²) in [6, 6.07) is 12.9. The van der Waals surface area contributed by atoms with E-state index in [0.29, 0.717) is 38.6 Å². The van der Waals surface area contributed by atoms with Crippen molar-refractivity contribution in [2.24, 2.45) is 5.73 Å². The van der Waals surface area contributed by atoms with E-state index in [1.165, 1.54) is 0 Å². The van der Waals surface area contributed by atoms with Gasteiger partial charge < -0.3 is 19.9 Å². The van der Waals surface area contributed by atoms with Gasteiger partial charge in [0.05, 0.1) is 13.0 Å². The number of rotatable bonds is 5. The van der Waals surface area contributed by atoms with Crippen molar-refractivity contribution in [3.8, 4) is 23.4 Å². The van der Waals surface area contributed by atoms with Crippen LogP contribution in [0.4, 0.5) is 0 Å². The van der Waals surface area contributed by atoms with E-state index in [-0.39, 0.29) is 12.5 Å². The highest BCUT2D eigenvalue weighted by Crippen LogP contribution is 2.44. The molecule has 2 heterocycles. The first-order chi connectivity index (χ1) is 14.9. The number of aromatic nitrogens is 2. The van der Waals surface area contributed by atoms with Gasteiger partial charge >= 0.3 is 0 Å². The average molecular weight is 457 g/mol. The summed E-state index contributed by atoms with van der Waals surface area (Å²) in [5, 5.41) is 17.8. The molecule has 9 heteroatoms.